The topological polar surface area (TPSA) is 9.72 Å². The molecule has 4 aliphatic rings. The molecule has 0 saturated carbocycles. The first-order chi connectivity index (χ1) is 37.2. The normalized spacial score (nSPS) is 17.5. The fourth-order valence-electron chi connectivity index (χ4n) is 14.3. The molecule has 1 aromatic heterocycles. The molecule has 13 rings (SSSR count). The summed E-state index contributed by atoms with van der Waals surface area (Å²) in [5.74, 6) is 0. The van der Waals surface area contributed by atoms with Crippen molar-refractivity contribution in [1.29, 1.82) is 0 Å². The number of nitrogens with zero attached hydrogens (tertiary/aromatic N) is 3. The summed E-state index contributed by atoms with van der Waals surface area (Å²) < 4.78 is 2.66. The predicted octanol–water partition coefficient (Wildman–Crippen LogP) is 20.1. The molecule has 0 amide bonds. The first-order valence-corrected chi connectivity index (χ1v) is 30.2. The number of thiophene rings is 1. The van der Waals surface area contributed by atoms with Crippen molar-refractivity contribution in [1.82, 2.24) is 0 Å². The first-order valence-electron chi connectivity index (χ1n) is 29.4. The van der Waals surface area contributed by atoms with Crippen molar-refractivity contribution in [2.75, 3.05) is 14.6 Å². The number of hydrogen-bond acceptors (Lipinski definition) is 4. The monoisotopic (exact) mass is 1050 g/mol. The molecule has 8 aromatic carbocycles. The van der Waals surface area contributed by atoms with Crippen LogP contribution in [-0.4, -0.2) is 6.85 Å². The largest absolute Gasteiger partial charge is 0.376 e. The molecule has 3 heterocycles. The molecule has 0 atom stereocenters. The van der Waals surface area contributed by atoms with Crippen LogP contribution in [0.1, 0.15) is 167 Å². The quantitative estimate of drug-likeness (QED) is 0.159. The molecule has 5 heteroatoms. The van der Waals surface area contributed by atoms with Gasteiger partial charge in [0.15, 0.2) is 0 Å². The summed E-state index contributed by atoms with van der Waals surface area (Å²) >= 11 is 1.92. The van der Waals surface area contributed by atoms with E-state index in [2.05, 4.69) is 271 Å². The third-order valence-electron chi connectivity index (χ3n) is 19.4. The minimum atomic E-state index is -0.123. The van der Waals surface area contributed by atoms with Gasteiger partial charge in [0.05, 0.1) is 0 Å². The molecule has 0 unspecified atom stereocenters. The van der Waals surface area contributed by atoms with E-state index in [4.69, 9.17) is 0 Å². The van der Waals surface area contributed by atoms with Gasteiger partial charge in [0.2, 0.25) is 0 Å². The number of rotatable bonds is 5. The molecule has 2 aliphatic heterocycles. The average molecular weight is 1050 g/mol. The lowest BCUT2D eigenvalue weighted by Crippen LogP contribution is -2.61. The van der Waals surface area contributed by atoms with Gasteiger partial charge in [0.1, 0.15) is 0 Å². The summed E-state index contributed by atoms with van der Waals surface area (Å²) in [6.07, 6.45) is 4.68. The third-order valence-corrected chi connectivity index (χ3v) is 20.6. The Kier molecular flexibility index (Phi) is 11.5. The van der Waals surface area contributed by atoms with Crippen LogP contribution < -0.4 is 25.5 Å². The molecule has 0 saturated heterocycles. The highest BCUT2D eigenvalue weighted by Crippen LogP contribution is 2.55. The molecular formula is C74H80BN3S. The van der Waals surface area contributed by atoms with Crippen LogP contribution in [0.3, 0.4) is 0 Å². The van der Waals surface area contributed by atoms with E-state index in [1.54, 1.807) is 0 Å². The fraction of sp³-hybridized carbons (Fsp3) is 0.351. The van der Waals surface area contributed by atoms with Gasteiger partial charge in [-0.25, -0.2) is 0 Å². The van der Waals surface area contributed by atoms with E-state index in [0.717, 1.165) is 29.9 Å². The zero-order valence-corrected chi connectivity index (χ0v) is 50.8. The molecule has 0 bridgehead atoms. The predicted molar refractivity (Wildman–Crippen MR) is 345 cm³/mol. The number of anilines is 8. The van der Waals surface area contributed by atoms with Crippen molar-refractivity contribution in [2.24, 2.45) is 0 Å². The number of hydrogen-bond donors (Lipinski definition) is 0. The van der Waals surface area contributed by atoms with Crippen molar-refractivity contribution in [3.63, 3.8) is 0 Å². The van der Waals surface area contributed by atoms with E-state index < -0.39 is 0 Å². The Hall–Kier alpha value is -6.56. The minimum Gasteiger partial charge on any atom is -0.376 e. The van der Waals surface area contributed by atoms with Crippen LogP contribution in [0.5, 0.6) is 0 Å². The Bertz CT molecular complexity index is 3910. The fourth-order valence-corrected chi connectivity index (χ4v) is 15.5. The van der Waals surface area contributed by atoms with Gasteiger partial charge in [-0.3, -0.25) is 0 Å². The zero-order chi connectivity index (χ0) is 55.7. The van der Waals surface area contributed by atoms with E-state index in [0.29, 0.717) is 0 Å². The Labute approximate surface area is 476 Å². The maximum absolute atomic E-state index is 2.77. The van der Waals surface area contributed by atoms with Crippen molar-refractivity contribution >= 4 is 94.8 Å². The number of fused-ring (bicyclic) bond motifs is 9. The van der Waals surface area contributed by atoms with E-state index >= 15 is 0 Å². The first kappa shape index (κ1) is 51.9. The SMILES string of the molecule is Cc1cc2c3c(c1)N(c1cc4c(cc1C)C(C)(C)CCC4(C)C)c1cc(N(c4ccc(C(C)(C)C)cc4)c4ccc(C(C)(C)C)cc4)ccc1B3N(c1ccc3c(c1)C(C)(C)CCC3(C)C)c1cc3sc4ccccc4c3cc1-2. The minimum absolute atomic E-state index is 0.0246. The second-order valence-electron chi connectivity index (χ2n) is 28.9. The van der Waals surface area contributed by atoms with Gasteiger partial charge in [-0.2, -0.15) is 0 Å². The van der Waals surface area contributed by atoms with E-state index in [9.17, 15) is 0 Å². The van der Waals surface area contributed by atoms with E-state index in [1.807, 2.05) is 11.3 Å². The molecule has 2 aliphatic carbocycles. The van der Waals surface area contributed by atoms with Crippen molar-refractivity contribution in [3.8, 4) is 11.1 Å². The zero-order valence-electron chi connectivity index (χ0n) is 50.0. The molecule has 0 fully saturated rings. The molecule has 9 aromatic rings. The Balaban J connectivity index is 1.13. The highest BCUT2D eigenvalue weighted by molar-refractivity contribution is 7.25. The molecular weight excluding hydrogens is 974 g/mol. The molecule has 0 spiro atoms. The third kappa shape index (κ3) is 8.24. The van der Waals surface area contributed by atoms with Crippen LogP contribution in [0.4, 0.5) is 45.5 Å². The van der Waals surface area contributed by atoms with Crippen LogP contribution in [0.2, 0.25) is 0 Å². The lowest BCUT2D eigenvalue weighted by Gasteiger charge is -2.48. The summed E-state index contributed by atoms with van der Waals surface area (Å²) in [5.41, 5.74) is 26.5. The standard InChI is InChI=1S/C74H80BN3S/c1-45-37-56-54-42-55-53-19-17-18-20-66(53)79-67(55)44-63(54)78(52-29-31-57-59(40-52)73(13,14)34-33-71(57,9)10)75-61-32-30-51(76(49-25-21-47(22-26-49)69(3,4)5)50-27-23-48(24-28-50)70(6,7)8)41-64(61)77(65(38-45)68(56)75)62-43-60-58(39-46(62)2)72(11,12)35-36-74(60,15)16/h17-32,37-44H,33-36H2,1-16H3. The smallest absolute Gasteiger partial charge is 0.333 e. The Morgan fingerprint density at radius 3 is 1.62 bits per heavy atom. The summed E-state index contributed by atoms with van der Waals surface area (Å²) in [4.78, 5) is 7.98. The lowest BCUT2D eigenvalue weighted by atomic mass is 9.43. The highest BCUT2D eigenvalue weighted by Gasteiger charge is 2.48. The van der Waals surface area contributed by atoms with Gasteiger partial charge < -0.3 is 14.6 Å². The maximum atomic E-state index is 2.77. The molecule has 0 N–H and O–H groups in total. The summed E-state index contributed by atoms with van der Waals surface area (Å²) in [5, 5.41) is 2.67. The highest BCUT2D eigenvalue weighted by atomic mass is 32.1. The molecule has 3 nitrogen and oxygen atoms in total. The van der Waals surface area contributed by atoms with E-state index in [-0.39, 0.29) is 39.3 Å². The van der Waals surface area contributed by atoms with Gasteiger partial charge in [0, 0.05) is 71.2 Å². The van der Waals surface area contributed by atoms with Crippen LogP contribution in [0.15, 0.2) is 146 Å². The lowest BCUT2D eigenvalue weighted by molar-refractivity contribution is 0.332. The van der Waals surface area contributed by atoms with Crippen LogP contribution in [0, 0.1) is 13.8 Å². The van der Waals surface area contributed by atoms with Gasteiger partial charge in [0.25, 0.3) is 0 Å². The summed E-state index contributed by atoms with van der Waals surface area (Å²) in [6.45, 7) is 38.2. The van der Waals surface area contributed by atoms with Gasteiger partial charge in [-0.15, -0.1) is 11.3 Å². The van der Waals surface area contributed by atoms with Crippen LogP contribution in [-0.2, 0) is 32.5 Å². The van der Waals surface area contributed by atoms with Gasteiger partial charge >= 0.3 is 6.85 Å². The molecule has 79 heavy (non-hydrogen) atoms. The second kappa shape index (κ2) is 17.5. The number of aryl methyl sites for hydroxylation is 2. The van der Waals surface area contributed by atoms with Crippen LogP contribution in [0.25, 0.3) is 31.3 Å². The molecule has 400 valence electrons. The Morgan fingerprint density at radius 2 is 1.01 bits per heavy atom. The number of benzene rings is 8. The Morgan fingerprint density at radius 1 is 0.456 bits per heavy atom. The van der Waals surface area contributed by atoms with Gasteiger partial charge in [-0.1, -0.05) is 164 Å². The summed E-state index contributed by atoms with van der Waals surface area (Å²) in [7, 11) is 0. The molecule has 0 radical (unpaired) electrons. The van der Waals surface area contributed by atoms with E-state index in [1.165, 1.54) is 128 Å². The van der Waals surface area contributed by atoms with Crippen molar-refractivity contribution in [2.45, 2.75) is 169 Å². The maximum Gasteiger partial charge on any atom is 0.333 e. The summed E-state index contributed by atoms with van der Waals surface area (Å²) in [6, 6.07) is 58.1. The van der Waals surface area contributed by atoms with Crippen molar-refractivity contribution < 1.29 is 0 Å². The van der Waals surface area contributed by atoms with Crippen LogP contribution >= 0.6 is 11.3 Å². The average Bonchev–Trinajstić information content (AvgIpc) is 2.93. The van der Waals surface area contributed by atoms with Gasteiger partial charge in [-0.05, 0) is 212 Å². The van der Waals surface area contributed by atoms with Crippen molar-refractivity contribution in [3.05, 3.63) is 190 Å². The second-order valence-corrected chi connectivity index (χ2v) is 30.0.